The maximum absolute atomic E-state index is 12.8. The van der Waals surface area contributed by atoms with E-state index in [-0.39, 0.29) is 35.9 Å². The average molecular weight is 886 g/mol. The van der Waals surface area contributed by atoms with Gasteiger partial charge in [-0.05, 0) is 16.7 Å². The van der Waals surface area contributed by atoms with E-state index in [0.29, 0.717) is 16.7 Å². The largest absolute Gasteiger partial charge is 0.383 e. The third-order valence-corrected chi connectivity index (χ3v) is 12.1. The Bertz CT molecular complexity index is 2490. The minimum Gasteiger partial charge on any atom is -0.383 e. The van der Waals surface area contributed by atoms with Gasteiger partial charge in [0.15, 0.2) is 23.5 Å². The van der Waals surface area contributed by atoms with E-state index in [1.807, 2.05) is 121 Å². The van der Waals surface area contributed by atoms with Crippen molar-refractivity contribution >= 4 is 35.1 Å². The standard InChI is InChI=1S/3C18H17NO3/c1-19(12-15(20)13-8-4-2-5-9-13)18(21)17-16(22-17)14-10-6-3-7-11-14;2*1-19-15(16(20)13-10-6-3-7-11-13)14(17(21)18(19)22)12-8-4-2-5-9-12/h2-11,16-17H,12H2,1H3;2*2-11,14-15,17,21H,1H3/t16-,17+;14-,15+,17+;14-,15-,17+/m111/s1. The maximum atomic E-state index is 12.8. The number of hydrogen-bond acceptors (Lipinski definition) is 9. The number of rotatable bonds is 11. The molecule has 8 atom stereocenters. The molecule has 6 aromatic rings. The summed E-state index contributed by atoms with van der Waals surface area (Å²) in [6.07, 6.45) is -3.05. The van der Waals surface area contributed by atoms with Crippen LogP contribution in [0.4, 0.5) is 0 Å². The number of likely N-dealkylation sites (N-methyl/N-ethyl adjacent to an activating group) is 3. The number of carbonyl (C=O) groups excluding carboxylic acids is 6. The normalized spacial score (nSPS) is 22.9. The summed E-state index contributed by atoms with van der Waals surface area (Å²) in [4.78, 5) is 78.5. The molecule has 0 unspecified atom stereocenters. The molecule has 0 saturated carbocycles. The Balaban J connectivity index is 0.000000147. The summed E-state index contributed by atoms with van der Waals surface area (Å²) in [5.41, 5.74) is 4.27. The van der Waals surface area contributed by atoms with Gasteiger partial charge < -0.3 is 29.6 Å². The number of likely N-dealkylation sites (tertiary alicyclic amines) is 2. The van der Waals surface area contributed by atoms with Crippen LogP contribution in [0.2, 0.25) is 0 Å². The van der Waals surface area contributed by atoms with Crippen LogP contribution in [0.5, 0.6) is 0 Å². The van der Waals surface area contributed by atoms with Gasteiger partial charge in [0, 0.05) is 49.7 Å². The van der Waals surface area contributed by atoms with Crippen molar-refractivity contribution in [3.63, 3.8) is 0 Å². The molecule has 6 aromatic carbocycles. The first-order valence-corrected chi connectivity index (χ1v) is 21.6. The van der Waals surface area contributed by atoms with E-state index in [2.05, 4.69) is 0 Å². The van der Waals surface area contributed by atoms with Crippen LogP contribution in [0.1, 0.15) is 65.7 Å². The highest BCUT2D eigenvalue weighted by molar-refractivity contribution is 6.06. The monoisotopic (exact) mass is 885 g/mol. The molecule has 0 radical (unpaired) electrons. The fraction of sp³-hybridized carbons (Fsp3) is 0.222. The molecule has 66 heavy (non-hydrogen) atoms. The van der Waals surface area contributed by atoms with Crippen molar-refractivity contribution in [2.75, 3.05) is 27.7 Å². The number of carbonyl (C=O) groups is 6. The lowest BCUT2D eigenvalue weighted by molar-refractivity contribution is -0.134. The Kier molecular flexibility index (Phi) is 14.9. The molecule has 2 N–H and O–H groups in total. The number of nitrogens with zero attached hydrogens (tertiary/aromatic N) is 3. The summed E-state index contributed by atoms with van der Waals surface area (Å²) >= 11 is 0. The van der Waals surface area contributed by atoms with E-state index >= 15 is 0 Å². The highest BCUT2D eigenvalue weighted by Crippen LogP contribution is 2.40. The fourth-order valence-electron chi connectivity index (χ4n) is 8.55. The second-order valence-electron chi connectivity index (χ2n) is 16.4. The second kappa shape index (κ2) is 21.1. The molecule has 9 rings (SSSR count). The van der Waals surface area contributed by atoms with Gasteiger partial charge in [-0.1, -0.05) is 182 Å². The summed E-state index contributed by atoms with van der Waals surface area (Å²) in [6.45, 7) is 0.0597. The van der Waals surface area contributed by atoms with Gasteiger partial charge in [-0.3, -0.25) is 28.8 Å². The van der Waals surface area contributed by atoms with Gasteiger partial charge >= 0.3 is 0 Å². The highest BCUT2D eigenvalue weighted by Gasteiger charge is 2.51. The Hall–Kier alpha value is -7.38. The molecule has 3 aliphatic rings. The molecule has 3 saturated heterocycles. The topological polar surface area (TPSA) is 165 Å². The van der Waals surface area contributed by atoms with Gasteiger partial charge in [0.25, 0.3) is 17.7 Å². The molecule has 3 heterocycles. The number of ketones is 3. The smallest absolute Gasteiger partial charge is 0.254 e. The van der Waals surface area contributed by atoms with E-state index in [9.17, 15) is 39.0 Å². The maximum Gasteiger partial charge on any atom is 0.254 e. The first kappa shape index (κ1) is 46.6. The Morgan fingerprint density at radius 2 is 0.818 bits per heavy atom. The first-order chi connectivity index (χ1) is 31.9. The van der Waals surface area contributed by atoms with E-state index < -0.39 is 54.0 Å². The van der Waals surface area contributed by atoms with E-state index in [1.54, 1.807) is 81.8 Å². The van der Waals surface area contributed by atoms with Crippen LogP contribution in [0, 0.1) is 0 Å². The van der Waals surface area contributed by atoms with Crippen LogP contribution >= 0.6 is 0 Å². The molecule has 0 bridgehead atoms. The SMILES string of the molecule is CN(CC(=O)c1ccccc1)C(=O)[C@H]1O[C@@H]1c1ccccc1.CN1C(=O)[C@@H](O)[C@H](c2ccccc2)[C@@H]1C(=O)c1ccccc1.CN1C(=O)[C@@H](O)[C@H](c2ccccc2)[C@H]1C(=O)c1ccccc1. The number of epoxide rings is 1. The first-order valence-electron chi connectivity index (χ1n) is 21.6. The number of hydrogen-bond donors (Lipinski definition) is 2. The molecular formula is C54H51N3O9. The van der Waals surface area contributed by atoms with E-state index in [0.717, 1.165) is 16.7 Å². The minimum absolute atomic E-state index is 0.0597. The Morgan fingerprint density at radius 3 is 1.18 bits per heavy atom. The highest BCUT2D eigenvalue weighted by atomic mass is 16.6. The van der Waals surface area contributed by atoms with Crippen molar-refractivity contribution < 1.29 is 43.7 Å². The zero-order valence-corrected chi connectivity index (χ0v) is 36.7. The summed E-state index contributed by atoms with van der Waals surface area (Å²) in [5.74, 6) is -2.46. The lowest BCUT2D eigenvalue weighted by atomic mass is 9.86. The summed E-state index contributed by atoms with van der Waals surface area (Å²) in [6, 6.07) is 53.4. The van der Waals surface area contributed by atoms with Crippen LogP contribution < -0.4 is 0 Å². The van der Waals surface area contributed by atoms with Crippen LogP contribution in [-0.2, 0) is 19.1 Å². The van der Waals surface area contributed by atoms with Crippen molar-refractivity contribution in [3.8, 4) is 0 Å². The van der Waals surface area contributed by atoms with Gasteiger partial charge in [-0.25, -0.2) is 0 Å². The van der Waals surface area contributed by atoms with Gasteiger partial charge in [0.2, 0.25) is 0 Å². The lowest BCUT2D eigenvalue weighted by Gasteiger charge is -2.24. The van der Waals surface area contributed by atoms with Crippen molar-refractivity contribution in [1.82, 2.24) is 14.7 Å². The van der Waals surface area contributed by atoms with Crippen LogP contribution in [-0.4, -0.2) is 118 Å². The molecule has 0 spiro atoms. The van der Waals surface area contributed by atoms with Gasteiger partial charge in [0.1, 0.15) is 30.4 Å². The van der Waals surface area contributed by atoms with Crippen molar-refractivity contribution in [1.29, 1.82) is 0 Å². The zero-order valence-electron chi connectivity index (χ0n) is 36.7. The summed E-state index contributed by atoms with van der Waals surface area (Å²) in [5, 5.41) is 20.6. The van der Waals surface area contributed by atoms with Crippen molar-refractivity contribution in [2.45, 2.75) is 48.3 Å². The van der Waals surface area contributed by atoms with Crippen molar-refractivity contribution in [3.05, 3.63) is 215 Å². The third-order valence-electron chi connectivity index (χ3n) is 12.1. The predicted octanol–water partition coefficient (Wildman–Crippen LogP) is 6.18. The van der Waals surface area contributed by atoms with E-state index in [4.69, 9.17) is 4.74 Å². The molecule has 3 amide bonds. The number of Topliss-reactive ketones (excluding diaryl/α,β-unsaturated/α-hetero) is 3. The molecule has 0 aromatic heterocycles. The molecular weight excluding hydrogens is 835 g/mol. The Labute approximate surface area is 383 Å². The molecule has 336 valence electrons. The van der Waals surface area contributed by atoms with E-state index in [1.165, 1.54) is 14.7 Å². The molecule has 0 aliphatic carbocycles. The molecule has 12 heteroatoms. The lowest BCUT2D eigenvalue weighted by Crippen LogP contribution is -2.38. The molecule has 3 aliphatic heterocycles. The van der Waals surface area contributed by atoms with Crippen LogP contribution in [0.3, 0.4) is 0 Å². The number of aliphatic hydroxyl groups excluding tert-OH is 2. The molecule has 3 fully saturated rings. The number of ether oxygens (including phenoxy) is 1. The quantitative estimate of drug-likeness (QED) is 0.114. The van der Waals surface area contributed by atoms with Gasteiger partial charge in [-0.2, -0.15) is 0 Å². The van der Waals surface area contributed by atoms with Crippen molar-refractivity contribution in [2.24, 2.45) is 0 Å². The number of aliphatic hydroxyl groups is 2. The number of benzene rings is 6. The van der Waals surface area contributed by atoms with Gasteiger partial charge in [0.05, 0.1) is 6.54 Å². The second-order valence-corrected chi connectivity index (χ2v) is 16.4. The average Bonchev–Trinajstić information content (AvgIpc) is 4.10. The minimum atomic E-state index is -1.19. The predicted molar refractivity (Wildman–Crippen MR) is 248 cm³/mol. The molecule has 12 nitrogen and oxygen atoms in total. The number of amides is 3. The summed E-state index contributed by atoms with van der Waals surface area (Å²) < 4.78 is 5.47. The van der Waals surface area contributed by atoms with Crippen LogP contribution in [0.15, 0.2) is 182 Å². The fourth-order valence-corrected chi connectivity index (χ4v) is 8.55. The zero-order chi connectivity index (χ0) is 46.9. The van der Waals surface area contributed by atoms with Gasteiger partial charge in [-0.15, -0.1) is 0 Å². The van der Waals surface area contributed by atoms with Crippen LogP contribution in [0.25, 0.3) is 0 Å². The Morgan fingerprint density at radius 1 is 0.500 bits per heavy atom. The summed E-state index contributed by atoms with van der Waals surface area (Å²) in [7, 11) is 4.77. The third kappa shape index (κ3) is 10.3.